The zero-order chi connectivity index (χ0) is 12.8. The summed E-state index contributed by atoms with van der Waals surface area (Å²) >= 11 is 0. The van der Waals surface area contributed by atoms with Gasteiger partial charge in [0.05, 0.1) is 17.8 Å². The summed E-state index contributed by atoms with van der Waals surface area (Å²) < 4.78 is 13.0. The average Bonchev–Trinajstić information content (AvgIpc) is 2.35. The third-order valence-electron chi connectivity index (χ3n) is 2.41. The van der Waals surface area contributed by atoms with Gasteiger partial charge >= 0.3 is 0 Å². The summed E-state index contributed by atoms with van der Waals surface area (Å²) in [6.45, 7) is 2.58. The second kappa shape index (κ2) is 5.85. The minimum atomic E-state index is -0.457. The van der Waals surface area contributed by atoms with Crippen molar-refractivity contribution in [3.05, 3.63) is 29.6 Å². The third-order valence-corrected chi connectivity index (χ3v) is 2.41. The highest BCUT2D eigenvalue weighted by atomic mass is 19.1. The van der Waals surface area contributed by atoms with Crippen LogP contribution in [-0.4, -0.2) is 26.0 Å². The predicted octanol–water partition coefficient (Wildman–Crippen LogP) is 1.27. The summed E-state index contributed by atoms with van der Waals surface area (Å²) in [6, 6.07) is 5.89. The molecule has 0 aliphatic rings. The van der Waals surface area contributed by atoms with Gasteiger partial charge in [0.1, 0.15) is 11.9 Å². The molecule has 0 heterocycles. The Labute approximate surface area is 99.7 Å². The molecule has 0 aliphatic carbocycles. The molecule has 0 aliphatic heterocycles. The molecule has 1 rings (SSSR count). The topological polar surface area (TPSA) is 56.1 Å². The van der Waals surface area contributed by atoms with Crippen LogP contribution < -0.4 is 10.2 Å². The number of hydrogen-bond donors (Lipinski definition) is 1. The van der Waals surface area contributed by atoms with Crippen LogP contribution in [0.25, 0.3) is 0 Å². The fourth-order valence-corrected chi connectivity index (χ4v) is 1.49. The van der Waals surface area contributed by atoms with Crippen LogP contribution in [0.3, 0.4) is 0 Å². The van der Waals surface area contributed by atoms with Crippen molar-refractivity contribution in [3.63, 3.8) is 0 Å². The maximum atomic E-state index is 13.0. The lowest BCUT2D eigenvalue weighted by molar-refractivity contribution is -0.119. The number of benzene rings is 1. The van der Waals surface area contributed by atoms with Crippen molar-refractivity contribution in [1.82, 2.24) is 5.32 Å². The molecular formula is C12H14FN3O. The van der Waals surface area contributed by atoms with E-state index in [0.717, 1.165) is 0 Å². The summed E-state index contributed by atoms with van der Waals surface area (Å²) in [7, 11) is 1.55. The van der Waals surface area contributed by atoms with Gasteiger partial charge in [0.25, 0.3) is 0 Å². The summed E-state index contributed by atoms with van der Waals surface area (Å²) in [5, 5.41) is 11.4. The Balaban J connectivity index is 3.04. The number of halogens is 1. The van der Waals surface area contributed by atoms with Gasteiger partial charge in [-0.3, -0.25) is 4.79 Å². The lowest BCUT2D eigenvalue weighted by Gasteiger charge is -2.23. The molecule has 5 heteroatoms. The molecule has 0 unspecified atom stereocenters. The molecule has 90 valence electrons. The standard InChI is InChI=1S/C12H14FN3O/c1-3-16(8-12(17)15-2)11-5-4-10(13)6-9(11)7-14/h4-6H,3,8H2,1-2H3,(H,15,17). The predicted molar refractivity (Wildman–Crippen MR) is 63.1 cm³/mol. The van der Waals surface area contributed by atoms with E-state index >= 15 is 0 Å². The van der Waals surface area contributed by atoms with Crippen LogP contribution in [0.1, 0.15) is 12.5 Å². The zero-order valence-corrected chi connectivity index (χ0v) is 9.83. The van der Waals surface area contributed by atoms with Crippen LogP contribution in [0.5, 0.6) is 0 Å². The number of carbonyl (C=O) groups is 1. The van der Waals surface area contributed by atoms with E-state index in [2.05, 4.69) is 5.32 Å². The molecule has 1 N–H and O–H groups in total. The van der Waals surface area contributed by atoms with E-state index in [9.17, 15) is 9.18 Å². The van der Waals surface area contributed by atoms with Crippen LogP contribution in [0.15, 0.2) is 18.2 Å². The number of nitrogens with zero attached hydrogens (tertiary/aromatic N) is 2. The summed E-state index contributed by atoms with van der Waals surface area (Å²) in [5.41, 5.74) is 0.802. The number of hydrogen-bond acceptors (Lipinski definition) is 3. The second-order valence-electron chi connectivity index (χ2n) is 3.46. The van der Waals surface area contributed by atoms with Crippen molar-refractivity contribution in [2.24, 2.45) is 0 Å². The molecule has 0 saturated carbocycles. The van der Waals surface area contributed by atoms with Crippen molar-refractivity contribution in [1.29, 1.82) is 5.26 Å². The Hall–Kier alpha value is -2.09. The summed E-state index contributed by atoms with van der Waals surface area (Å²) in [6.07, 6.45) is 0. The molecule has 0 bridgehead atoms. The molecule has 4 nitrogen and oxygen atoms in total. The first-order chi connectivity index (χ1) is 8.12. The smallest absolute Gasteiger partial charge is 0.239 e. The molecule has 1 aromatic rings. The lowest BCUT2D eigenvalue weighted by Crippen LogP contribution is -2.35. The Morgan fingerprint density at radius 2 is 2.29 bits per heavy atom. The molecule has 1 amide bonds. The minimum Gasteiger partial charge on any atom is -0.361 e. The Kier molecular flexibility index (Phi) is 4.46. The molecular weight excluding hydrogens is 221 g/mol. The van der Waals surface area contributed by atoms with Gasteiger partial charge in [-0.2, -0.15) is 5.26 Å². The number of rotatable bonds is 4. The van der Waals surface area contributed by atoms with Crippen LogP contribution in [0.4, 0.5) is 10.1 Å². The van der Waals surface area contributed by atoms with E-state index in [-0.39, 0.29) is 18.0 Å². The van der Waals surface area contributed by atoms with Gasteiger partial charge in [-0.15, -0.1) is 0 Å². The molecule has 1 aromatic carbocycles. The van der Waals surface area contributed by atoms with Gasteiger partial charge in [-0.25, -0.2) is 4.39 Å². The third kappa shape index (κ3) is 3.18. The van der Waals surface area contributed by atoms with Gasteiger partial charge < -0.3 is 10.2 Å². The highest BCUT2D eigenvalue weighted by Crippen LogP contribution is 2.20. The number of likely N-dealkylation sites (N-methyl/N-ethyl adjacent to an activating group) is 2. The van der Waals surface area contributed by atoms with E-state index in [4.69, 9.17) is 5.26 Å². The molecule has 0 aromatic heterocycles. The lowest BCUT2D eigenvalue weighted by atomic mass is 10.1. The number of nitrogens with one attached hydrogen (secondary N) is 1. The van der Waals surface area contributed by atoms with E-state index < -0.39 is 5.82 Å². The number of nitriles is 1. The summed E-state index contributed by atoms with van der Waals surface area (Å²) in [4.78, 5) is 13.0. The SMILES string of the molecule is CCN(CC(=O)NC)c1ccc(F)cc1C#N. The van der Waals surface area contributed by atoms with Gasteiger partial charge in [0, 0.05) is 13.6 Å². The monoisotopic (exact) mass is 235 g/mol. The fourth-order valence-electron chi connectivity index (χ4n) is 1.49. The minimum absolute atomic E-state index is 0.146. The molecule has 0 atom stereocenters. The van der Waals surface area contributed by atoms with Crippen molar-refractivity contribution < 1.29 is 9.18 Å². The highest BCUT2D eigenvalue weighted by Gasteiger charge is 2.13. The van der Waals surface area contributed by atoms with Crippen molar-refractivity contribution in [2.45, 2.75) is 6.92 Å². The van der Waals surface area contributed by atoms with Crippen LogP contribution >= 0.6 is 0 Å². The zero-order valence-electron chi connectivity index (χ0n) is 9.83. The van der Waals surface area contributed by atoms with E-state index in [1.807, 2.05) is 13.0 Å². The molecule has 17 heavy (non-hydrogen) atoms. The quantitative estimate of drug-likeness (QED) is 0.855. The van der Waals surface area contributed by atoms with E-state index in [0.29, 0.717) is 12.2 Å². The van der Waals surface area contributed by atoms with Crippen LogP contribution in [0, 0.1) is 17.1 Å². The first kappa shape index (κ1) is 13.0. The Morgan fingerprint density at radius 1 is 1.59 bits per heavy atom. The normalized spacial score (nSPS) is 9.53. The Bertz CT molecular complexity index is 454. The van der Waals surface area contributed by atoms with Crippen LogP contribution in [-0.2, 0) is 4.79 Å². The Morgan fingerprint density at radius 3 is 2.82 bits per heavy atom. The van der Waals surface area contributed by atoms with E-state index in [1.165, 1.54) is 18.2 Å². The number of anilines is 1. The average molecular weight is 235 g/mol. The first-order valence-electron chi connectivity index (χ1n) is 5.27. The highest BCUT2D eigenvalue weighted by molar-refractivity contribution is 5.81. The van der Waals surface area contributed by atoms with Crippen LogP contribution in [0.2, 0.25) is 0 Å². The molecule has 0 fully saturated rings. The largest absolute Gasteiger partial charge is 0.361 e. The van der Waals surface area contributed by atoms with Crippen molar-refractivity contribution >= 4 is 11.6 Å². The first-order valence-corrected chi connectivity index (χ1v) is 5.27. The van der Waals surface area contributed by atoms with Crippen molar-refractivity contribution in [2.75, 3.05) is 25.0 Å². The van der Waals surface area contributed by atoms with Crippen molar-refractivity contribution in [3.8, 4) is 6.07 Å². The summed E-state index contributed by atoms with van der Waals surface area (Å²) in [5.74, 6) is -0.610. The number of carbonyl (C=O) groups excluding carboxylic acids is 1. The fraction of sp³-hybridized carbons (Fsp3) is 0.333. The van der Waals surface area contributed by atoms with Gasteiger partial charge in [-0.1, -0.05) is 0 Å². The van der Waals surface area contributed by atoms with Gasteiger partial charge in [0.15, 0.2) is 0 Å². The van der Waals surface area contributed by atoms with Gasteiger partial charge in [0.2, 0.25) is 5.91 Å². The van der Waals surface area contributed by atoms with E-state index in [1.54, 1.807) is 11.9 Å². The second-order valence-corrected chi connectivity index (χ2v) is 3.46. The molecule has 0 radical (unpaired) electrons. The number of amides is 1. The molecule has 0 spiro atoms. The maximum absolute atomic E-state index is 13.0. The maximum Gasteiger partial charge on any atom is 0.239 e. The van der Waals surface area contributed by atoms with Gasteiger partial charge in [-0.05, 0) is 25.1 Å². The molecule has 0 saturated heterocycles.